The predicted octanol–water partition coefficient (Wildman–Crippen LogP) is 3.37. The van der Waals surface area contributed by atoms with Gasteiger partial charge >= 0.3 is 0 Å². The summed E-state index contributed by atoms with van der Waals surface area (Å²) >= 11 is 1.40. The van der Waals surface area contributed by atoms with Crippen LogP contribution in [0, 0.1) is 11.8 Å². The van der Waals surface area contributed by atoms with Crippen LogP contribution in [0.1, 0.15) is 33.1 Å². The van der Waals surface area contributed by atoms with Crippen molar-refractivity contribution in [2.45, 2.75) is 50.4 Å². The van der Waals surface area contributed by atoms with Crippen molar-refractivity contribution >= 4 is 34.4 Å². The number of amides is 2. The SMILES string of the molecule is CC(C)N(C(=O)CC1SC(NC2CC3C=CC2C3)=NC1=O)c1ccccc1. The van der Waals surface area contributed by atoms with Crippen molar-refractivity contribution in [2.75, 3.05) is 4.90 Å². The third-order valence-corrected chi connectivity index (χ3v) is 6.59. The quantitative estimate of drug-likeness (QED) is 0.792. The highest BCUT2D eigenvalue weighted by Crippen LogP contribution is 2.39. The van der Waals surface area contributed by atoms with Crippen molar-refractivity contribution in [2.24, 2.45) is 16.8 Å². The molecule has 1 aliphatic heterocycles. The lowest BCUT2D eigenvalue weighted by Gasteiger charge is -2.27. The Kier molecular flexibility index (Phi) is 5.08. The third kappa shape index (κ3) is 3.81. The van der Waals surface area contributed by atoms with E-state index in [4.69, 9.17) is 0 Å². The second-order valence-electron chi connectivity index (χ2n) is 7.79. The molecule has 3 aliphatic rings. The van der Waals surface area contributed by atoms with Gasteiger partial charge in [-0.25, -0.2) is 0 Å². The molecule has 0 saturated heterocycles. The van der Waals surface area contributed by atoms with E-state index in [1.54, 1.807) is 4.90 Å². The smallest absolute Gasteiger partial charge is 0.262 e. The number of para-hydroxylation sites is 1. The maximum atomic E-state index is 12.9. The number of fused-ring (bicyclic) bond motifs is 2. The summed E-state index contributed by atoms with van der Waals surface area (Å²) < 4.78 is 0. The van der Waals surface area contributed by atoms with Gasteiger partial charge in [0.25, 0.3) is 5.91 Å². The summed E-state index contributed by atoms with van der Waals surface area (Å²) in [6.45, 7) is 3.97. The number of aliphatic imine (C=N–C) groups is 1. The van der Waals surface area contributed by atoms with Crippen molar-refractivity contribution in [3.8, 4) is 0 Å². The lowest BCUT2D eigenvalue weighted by atomic mass is 10.0. The fraction of sp³-hybridized carbons (Fsp3) is 0.476. The summed E-state index contributed by atoms with van der Waals surface area (Å²) in [6.07, 6.45) is 7.04. The zero-order valence-electron chi connectivity index (χ0n) is 15.7. The first kappa shape index (κ1) is 18.3. The first-order valence-corrected chi connectivity index (χ1v) is 10.5. The Morgan fingerprint density at radius 3 is 2.67 bits per heavy atom. The highest BCUT2D eigenvalue weighted by Gasteiger charge is 2.39. The van der Waals surface area contributed by atoms with Gasteiger partial charge in [-0.15, -0.1) is 0 Å². The number of anilines is 1. The van der Waals surface area contributed by atoms with Crippen LogP contribution in [0.5, 0.6) is 0 Å². The van der Waals surface area contributed by atoms with Crippen molar-refractivity contribution < 1.29 is 9.59 Å². The number of nitrogens with one attached hydrogen (secondary N) is 1. The van der Waals surface area contributed by atoms with E-state index >= 15 is 0 Å². The molecule has 4 atom stereocenters. The second-order valence-corrected chi connectivity index (χ2v) is 8.98. The molecule has 4 rings (SSSR count). The van der Waals surface area contributed by atoms with Crippen LogP contribution in [0.2, 0.25) is 0 Å². The largest absolute Gasteiger partial charge is 0.361 e. The number of allylic oxidation sites excluding steroid dienone is 1. The number of hydrogen-bond donors (Lipinski definition) is 1. The lowest BCUT2D eigenvalue weighted by molar-refractivity contribution is -0.123. The van der Waals surface area contributed by atoms with Gasteiger partial charge in [0.05, 0.1) is 0 Å². The van der Waals surface area contributed by atoms with Gasteiger partial charge in [0.2, 0.25) is 5.91 Å². The van der Waals surface area contributed by atoms with E-state index in [0.717, 1.165) is 12.1 Å². The molecule has 1 fully saturated rings. The van der Waals surface area contributed by atoms with Crippen molar-refractivity contribution in [3.63, 3.8) is 0 Å². The molecule has 1 aromatic carbocycles. The third-order valence-electron chi connectivity index (χ3n) is 5.51. The molecule has 2 bridgehead atoms. The summed E-state index contributed by atoms with van der Waals surface area (Å²) in [4.78, 5) is 31.2. The van der Waals surface area contributed by atoms with E-state index in [1.807, 2.05) is 44.2 Å². The van der Waals surface area contributed by atoms with Crippen molar-refractivity contribution in [1.29, 1.82) is 0 Å². The number of carbonyl (C=O) groups excluding carboxylic acids is 2. The van der Waals surface area contributed by atoms with Crippen LogP contribution in [0.3, 0.4) is 0 Å². The highest BCUT2D eigenvalue weighted by atomic mass is 32.2. The average molecular weight is 384 g/mol. The zero-order valence-corrected chi connectivity index (χ0v) is 16.5. The van der Waals surface area contributed by atoms with E-state index in [1.165, 1.54) is 18.2 Å². The van der Waals surface area contributed by atoms with Gasteiger partial charge in [0, 0.05) is 24.2 Å². The van der Waals surface area contributed by atoms with Crippen LogP contribution in [0.15, 0.2) is 47.5 Å². The fourth-order valence-electron chi connectivity index (χ4n) is 4.26. The molecule has 142 valence electrons. The molecular weight excluding hydrogens is 358 g/mol. The minimum atomic E-state index is -0.431. The number of nitrogens with zero attached hydrogens (tertiary/aromatic N) is 2. The van der Waals surface area contributed by atoms with E-state index in [2.05, 4.69) is 22.5 Å². The van der Waals surface area contributed by atoms with Crippen molar-refractivity contribution in [1.82, 2.24) is 5.32 Å². The first-order valence-electron chi connectivity index (χ1n) is 9.62. The van der Waals surface area contributed by atoms with E-state index in [0.29, 0.717) is 23.0 Å². The molecule has 27 heavy (non-hydrogen) atoms. The zero-order chi connectivity index (χ0) is 19.0. The summed E-state index contributed by atoms with van der Waals surface area (Å²) in [6, 6.07) is 10.0. The van der Waals surface area contributed by atoms with Crippen LogP contribution in [0.25, 0.3) is 0 Å². The maximum Gasteiger partial charge on any atom is 0.262 e. The molecule has 0 radical (unpaired) electrons. The minimum absolute atomic E-state index is 0.0285. The number of amidine groups is 1. The Hall–Kier alpha value is -2.08. The second kappa shape index (κ2) is 7.50. The van der Waals surface area contributed by atoms with Gasteiger partial charge < -0.3 is 10.2 Å². The summed E-state index contributed by atoms with van der Waals surface area (Å²) in [7, 11) is 0. The minimum Gasteiger partial charge on any atom is -0.361 e. The molecule has 1 aromatic rings. The van der Waals surface area contributed by atoms with Gasteiger partial charge in [0.15, 0.2) is 5.17 Å². The summed E-state index contributed by atoms with van der Waals surface area (Å²) in [5, 5.41) is 3.69. The Balaban J connectivity index is 1.37. The molecule has 1 saturated carbocycles. The standard InChI is InChI=1S/C21H25N3O2S/c1-13(2)24(16-6-4-3-5-7-16)19(25)12-18-20(26)23-21(27-18)22-17-11-14-8-9-15(17)10-14/h3-9,13-15,17-18H,10-12H2,1-2H3,(H,22,23,26). The first-order chi connectivity index (χ1) is 13.0. The molecule has 4 unspecified atom stereocenters. The van der Waals surface area contributed by atoms with E-state index < -0.39 is 5.25 Å². The molecule has 1 heterocycles. The lowest BCUT2D eigenvalue weighted by Crippen LogP contribution is -2.39. The van der Waals surface area contributed by atoms with Crippen LogP contribution in [-0.2, 0) is 9.59 Å². The van der Waals surface area contributed by atoms with Crippen LogP contribution >= 0.6 is 11.8 Å². The van der Waals surface area contributed by atoms with Gasteiger partial charge in [-0.2, -0.15) is 4.99 Å². The highest BCUT2D eigenvalue weighted by molar-refractivity contribution is 8.15. The Morgan fingerprint density at radius 1 is 1.26 bits per heavy atom. The summed E-state index contributed by atoms with van der Waals surface area (Å²) in [5.41, 5.74) is 0.862. The van der Waals surface area contributed by atoms with E-state index in [9.17, 15) is 9.59 Å². The molecule has 0 spiro atoms. The van der Waals surface area contributed by atoms with Crippen molar-refractivity contribution in [3.05, 3.63) is 42.5 Å². The maximum absolute atomic E-state index is 12.9. The monoisotopic (exact) mass is 383 g/mol. The number of rotatable bonds is 5. The van der Waals surface area contributed by atoms with Gasteiger partial charge in [-0.3, -0.25) is 9.59 Å². The molecule has 5 nitrogen and oxygen atoms in total. The molecule has 2 aliphatic carbocycles. The fourth-order valence-corrected chi connectivity index (χ4v) is 5.27. The van der Waals surface area contributed by atoms with Crippen LogP contribution < -0.4 is 10.2 Å². The Bertz CT molecular complexity index is 790. The molecule has 6 heteroatoms. The topological polar surface area (TPSA) is 61.8 Å². The summed E-state index contributed by atoms with van der Waals surface area (Å²) in [5.74, 6) is 0.967. The number of benzene rings is 1. The Morgan fingerprint density at radius 2 is 2.04 bits per heavy atom. The van der Waals surface area contributed by atoms with Gasteiger partial charge in [0.1, 0.15) is 5.25 Å². The Labute approximate surface area is 164 Å². The molecular formula is C21H25N3O2S. The number of carbonyl (C=O) groups is 2. The van der Waals surface area contributed by atoms with Gasteiger partial charge in [-0.05, 0) is 50.7 Å². The average Bonchev–Trinajstić information content (AvgIpc) is 3.32. The normalized spacial score (nSPS) is 28.7. The predicted molar refractivity (Wildman–Crippen MR) is 110 cm³/mol. The van der Waals surface area contributed by atoms with Gasteiger partial charge in [-0.1, -0.05) is 42.1 Å². The number of hydrogen-bond acceptors (Lipinski definition) is 4. The molecule has 0 aromatic heterocycles. The van der Waals surface area contributed by atoms with Crippen LogP contribution in [-0.4, -0.2) is 34.3 Å². The van der Waals surface area contributed by atoms with Crippen LogP contribution in [0.4, 0.5) is 5.69 Å². The molecule has 2 amide bonds. The van der Waals surface area contributed by atoms with E-state index in [-0.39, 0.29) is 24.3 Å². The number of thioether (sulfide) groups is 1. The molecule has 1 N–H and O–H groups in total.